The molecule has 20 heavy (non-hydrogen) atoms. The van der Waals surface area contributed by atoms with Crippen LogP contribution in [0.1, 0.15) is 38.3 Å². The molecular weight excluding hydrogens is 254 g/mol. The molecule has 0 aromatic heterocycles. The molecule has 2 unspecified atom stereocenters. The normalized spacial score (nSPS) is 15.3. The van der Waals surface area contributed by atoms with E-state index in [4.69, 9.17) is 15.2 Å². The standard InChI is InChI=1S/C16H25NO3/c1-6-19-15(18)16(5,17)10-13(4)20-14-8-11(2)7-12(3)9-14/h7-9,13H,6,10,17H2,1-5H3. The fourth-order valence-electron chi connectivity index (χ4n) is 2.25. The predicted octanol–water partition coefficient (Wildman–Crippen LogP) is 2.74. The summed E-state index contributed by atoms with van der Waals surface area (Å²) in [5.74, 6) is 0.408. The topological polar surface area (TPSA) is 61.5 Å². The second kappa shape index (κ2) is 6.75. The summed E-state index contributed by atoms with van der Waals surface area (Å²) in [5.41, 5.74) is 7.27. The highest BCUT2D eigenvalue weighted by Gasteiger charge is 2.32. The van der Waals surface area contributed by atoms with Crippen LogP contribution in [0.5, 0.6) is 5.75 Å². The fourth-order valence-corrected chi connectivity index (χ4v) is 2.25. The van der Waals surface area contributed by atoms with Crippen LogP contribution in [0.15, 0.2) is 18.2 Å². The minimum atomic E-state index is -1.03. The average Bonchev–Trinajstić information content (AvgIpc) is 2.26. The van der Waals surface area contributed by atoms with Crippen molar-refractivity contribution in [3.63, 3.8) is 0 Å². The smallest absolute Gasteiger partial charge is 0.325 e. The summed E-state index contributed by atoms with van der Waals surface area (Å²) < 4.78 is 10.8. The molecular formula is C16H25NO3. The van der Waals surface area contributed by atoms with Gasteiger partial charge in [0, 0.05) is 6.42 Å². The van der Waals surface area contributed by atoms with Crippen LogP contribution in [0, 0.1) is 13.8 Å². The third kappa shape index (κ3) is 4.85. The van der Waals surface area contributed by atoms with Crippen LogP contribution in [0.4, 0.5) is 0 Å². The first kappa shape index (κ1) is 16.5. The number of rotatable bonds is 6. The molecule has 0 aliphatic carbocycles. The lowest BCUT2D eigenvalue weighted by atomic mass is 9.96. The summed E-state index contributed by atoms with van der Waals surface area (Å²) in [6, 6.07) is 6.03. The summed E-state index contributed by atoms with van der Waals surface area (Å²) in [7, 11) is 0. The summed E-state index contributed by atoms with van der Waals surface area (Å²) in [6.07, 6.45) is 0.231. The zero-order valence-corrected chi connectivity index (χ0v) is 13.0. The minimum absolute atomic E-state index is 0.171. The first-order valence-electron chi connectivity index (χ1n) is 6.95. The molecule has 0 fully saturated rings. The van der Waals surface area contributed by atoms with E-state index in [2.05, 4.69) is 6.07 Å². The molecule has 2 N–H and O–H groups in total. The van der Waals surface area contributed by atoms with Gasteiger partial charge in [0.25, 0.3) is 0 Å². The molecule has 1 aromatic rings. The van der Waals surface area contributed by atoms with Gasteiger partial charge in [0.1, 0.15) is 11.3 Å². The van der Waals surface area contributed by atoms with Gasteiger partial charge in [0.15, 0.2) is 0 Å². The number of esters is 1. The quantitative estimate of drug-likeness (QED) is 0.813. The second-order valence-electron chi connectivity index (χ2n) is 5.59. The van der Waals surface area contributed by atoms with Crippen molar-refractivity contribution in [1.29, 1.82) is 0 Å². The first-order chi connectivity index (χ1) is 9.24. The van der Waals surface area contributed by atoms with Gasteiger partial charge in [-0.25, -0.2) is 0 Å². The van der Waals surface area contributed by atoms with Crippen molar-refractivity contribution in [3.05, 3.63) is 29.3 Å². The molecule has 0 spiro atoms. The SMILES string of the molecule is CCOC(=O)C(C)(N)CC(C)Oc1cc(C)cc(C)c1. The molecule has 4 heteroatoms. The van der Waals surface area contributed by atoms with Crippen molar-refractivity contribution in [1.82, 2.24) is 0 Å². The Morgan fingerprint density at radius 2 is 1.85 bits per heavy atom. The first-order valence-corrected chi connectivity index (χ1v) is 6.95. The zero-order chi connectivity index (χ0) is 15.3. The van der Waals surface area contributed by atoms with Crippen molar-refractivity contribution in [2.24, 2.45) is 5.73 Å². The Labute approximate surface area is 121 Å². The van der Waals surface area contributed by atoms with Crippen molar-refractivity contribution < 1.29 is 14.3 Å². The molecule has 2 atom stereocenters. The van der Waals surface area contributed by atoms with Crippen molar-refractivity contribution in [3.8, 4) is 5.75 Å². The Hall–Kier alpha value is -1.55. The molecule has 4 nitrogen and oxygen atoms in total. The molecule has 0 saturated heterocycles. The van der Waals surface area contributed by atoms with Gasteiger partial charge in [-0.2, -0.15) is 0 Å². The predicted molar refractivity (Wildman–Crippen MR) is 79.8 cm³/mol. The number of hydrogen-bond donors (Lipinski definition) is 1. The molecule has 0 heterocycles. The second-order valence-corrected chi connectivity index (χ2v) is 5.59. The highest BCUT2D eigenvalue weighted by Crippen LogP contribution is 2.21. The van der Waals surface area contributed by atoms with E-state index < -0.39 is 11.5 Å². The molecule has 0 bridgehead atoms. The van der Waals surface area contributed by atoms with E-state index in [9.17, 15) is 4.79 Å². The monoisotopic (exact) mass is 279 g/mol. The summed E-state index contributed by atoms with van der Waals surface area (Å²) in [5, 5.41) is 0. The fraction of sp³-hybridized carbons (Fsp3) is 0.562. The van der Waals surface area contributed by atoms with Crippen LogP contribution in [0.3, 0.4) is 0 Å². The van der Waals surface area contributed by atoms with Crippen LogP contribution in [0.25, 0.3) is 0 Å². The van der Waals surface area contributed by atoms with E-state index in [1.54, 1.807) is 13.8 Å². The number of carbonyl (C=O) groups is 1. The van der Waals surface area contributed by atoms with Crippen molar-refractivity contribution in [2.45, 2.75) is 52.7 Å². The third-order valence-corrected chi connectivity index (χ3v) is 2.99. The Bertz CT molecular complexity index is 449. The highest BCUT2D eigenvalue weighted by molar-refractivity contribution is 5.80. The lowest BCUT2D eigenvalue weighted by Crippen LogP contribution is -2.49. The van der Waals surface area contributed by atoms with Crippen LogP contribution in [-0.4, -0.2) is 24.2 Å². The van der Waals surface area contributed by atoms with Crippen LogP contribution in [0.2, 0.25) is 0 Å². The van der Waals surface area contributed by atoms with Gasteiger partial charge in [-0.1, -0.05) is 6.07 Å². The van der Waals surface area contributed by atoms with Gasteiger partial charge >= 0.3 is 5.97 Å². The van der Waals surface area contributed by atoms with Gasteiger partial charge in [-0.05, 0) is 57.9 Å². The molecule has 1 aromatic carbocycles. The van der Waals surface area contributed by atoms with Gasteiger partial charge < -0.3 is 15.2 Å². The number of nitrogens with two attached hydrogens (primary N) is 1. The van der Waals surface area contributed by atoms with E-state index in [0.717, 1.165) is 16.9 Å². The lowest BCUT2D eigenvalue weighted by molar-refractivity contribution is -0.149. The lowest BCUT2D eigenvalue weighted by Gasteiger charge is -2.26. The number of hydrogen-bond acceptors (Lipinski definition) is 4. The zero-order valence-electron chi connectivity index (χ0n) is 13.0. The van der Waals surface area contributed by atoms with E-state index in [1.807, 2.05) is 32.9 Å². The number of carbonyl (C=O) groups excluding carboxylic acids is 1. The van der Waals surface area contributed by atoms with E-state index in [1.165, 1.54) is 0 Å². The summed E-state index contributed by atoms with van der Waals surface area (Å²) in [4.78, 5) is 11.8. The van der Waals surface area contributed by atoms with E-state index in [0.29, 0.717) is 13.0 Å². The Morgan fingerprint density at radius 1 is 1.30 bits per heavy atom. The molecule has 112 valence electrons. The molecule has 0 saturated carbocycles. The summed E-state index contributed by atoms with van der Waals surface area (Å²) in [6.45, 7) is 9.72. The third-order valence-electron chi connectivity index (χ3n) is 2.99. The number of benzene rings is 1. The van der Waals surface area contributed by atoms with Crippen LogP contribution in [-0.2, 0) is 9.53 Å². The van der Waals surface area contributed by atoms with Gasteiger partial charge in [0.05, 0.1) is 12.7 Å². The van der Waals surface area contributed by atoms with Crippen LogP contribution >= 0.6 is 0 Å². The van der Waals surface area contributed by atoms with E-state index in [-0.39, 0.29) is 6.10 Å². The maximum atomic E-state index is 11.8. The maximum Gasteiger partial charge on any atom is 0.325 e. The molecule has 0 amide bonds. The van der Waals surface area contributed by atoms with Crippen LogP contribution < -0.4 is 10.5 Å². The Kier molecular flexibility index (Phi) is 5.57. The Morgan fingerprint density at radius 3 is 2.35 bits per heavy atom. The van der Waals surface area contributed by atoms with Gasteiger partial charge in [-0.15, -0.1) is 0 Å². The highest BCUT2D eigenvalue weighted by atomic mass is 16.5. The molecule has 1 rings (SSSR count). The minimum Gasteiger partial charge on any atom is -0.491 e. The number of aryl methyl sites for hydroxylation is 2. The summed E-state index contributed by atoms with van der Waals surface area (Å²) >= 11 is 0. The molecule has 0 radical (unpaired) electrons. The Balaban J connectivity index is 2.67. The largest absolute Gasteiger partial charge is 0.491 e. The average molecular weight is 279 g/mol. The molecule has 0 aliphatic rings. The van der Waals surface area contributed by atoms with E-state index >= 15 is 0 Å². The van der Waals surface area contributed by atoms with Gasteiger partial charge in [-0.3, -0.25) is 4.79 Å². The van der Waals surface area contributed by atoms with Gasteiger partial charge in [0.2, 0.25) is 0 Å². The molecule has 0 aliphatic heterocycles. The van der Waals surface area contributed by atoms with Crippen molar-refractivity contribution in [2.75, 3.05) is 6.61 Å². The number of ether oxygens (including phenoxy) is 2. The maximum absolute atomic E-state index is 11.8. The van der Waals surface area contributed by atoms with Crippen molar-refractivity contribution >= 4 is 5.97 Å².